The molecule has 1 aromatic rings. The predicted molar refractivity (Wildman–Crippen MR) is 56.3 cm³/mol. The number of nitrogens with two attached hydrogens (primary N) is 1. The second-order valence-electron chi connectivity index (χ2n) is 3.63. The van der Waals surface area contributed by atoms with Gasteiger partial charge in [-0.3, -0.25) is 4.79 Å². The molecule has 0 radical (unpaired) electrons. The van der Waals surface area contributed by atoms with Crippen LogP contribution in [-0.4, -0.2) is 20.0 Å². The maximum absolute atomic E-state index is 11.3. The molecule has 1 atom stereocenters. The van der Waals surface area contributed by atoms with Crippen molar-refractivity contribution in [2.75, 3.05) is 24.3 Å². The van der Waals surface area contributed by atoms with E-state index in [1.807, 2.05) is 37.2 Å². The number of carbonyl (C=O) groups excluding carboxylic acids is 1. The summed E-state index contributed by atoms with van der Waals surface area (Å²) in [5, 5.41) is 2.75. The minimum absolute atomic E-state index is 0.129. The lowest BCUT2D eigenvalue weighted by molar-refractivity contribution is -0.116. The van der Waals surface area contributed by atoms with Gasteiger partial charge < -0.3 is 16.0 Å². The summed E-state index contributed by atoms with van der Waals surface area (Å²) in [6.07, 6.45) is 0. The van der Waals surface area contributed by atoms with Gasteiger partial charge in [0.15, 0.2) is 0 Å². The van der Waals surface area contributed by atoms with E-state index in [1.165, 1.54) is 0 Å². The van der Waals surface area contributed by atoms with Crippen molar-refractivity contribution in [2.24, 2.45) is 5.73 Å². The van der Waals surface area contributed by atoms with E-state index in [-0.39, 0.29) is 5.91 Å². The van der Waals surface area contributed by atoms with E-state index in [0.717, 1.165) is 16.9 Å². The average molecular weight is 191 g/mol. The Kier molecular flexibility index (Phi) is 1.93. The molecule has 1 aromatic carbocycles. The summed E-state index contributed by atoms with van der Waals surface area (Å²) in [6, 6.07) is 5.27. The Balaban J connectivity index is 2.44. The first-order valence-electron chi connectivity index (χ1n) is 4.47. The Bertz CT molecular complexity index is 387. The lowest BCUT2D eigenvalue weighted by Crippen LogP contribution is -2.19. The fraction of sp³-hybridized carbons (Fsp3) is 0.300. The second kappa shape index (κ2) is 2.99. The van der Waals surface area contributed by atoms with E-state index in [9.17, 15) is 4.79 Å². The number of anilines is 2. The molecule has 0 aliphatic carbocycles. The third kappa shape index (κ3) is 1.24. The number of nitrogens with one attached hydrogen (secondary N) is 1. The number of benzene rings is 1. The fourth-order valence-electron chi connectivity index (χ4n) is 1.55. The molecular weight excluding hydrogens is 178 g/mol. The van der Waals surface area contributed by atoms with Gasteiger partial charge in [0, 0.05) is 31.0 Å². The van der Waals surface area contributed by atoms with Crippen LogP contribution in [0.1, 0.15) is 11.6 Å². The summed E-state index contributed by atoms with van der Waals surface area (Å²) < 4.78 is 0. The topological polar surface area (TPSA) is 58.4 Å². The lowest BCUT2D eigenvalue weighted by atomic mass is 10.1. The molecule has 0 bridgehead atoms. The highest BCUT2D eigenvalue weighted by Crippen LogP contribution is 2.31. The number of hydrogen-bond acceptors (Lipinski definition) is 3. The Morgan fingerprint density at radius 3 is 2.79 bits per heavy atom. The molecule has 0 spiro atoms. The van der Waals surface area contributed by atoms with Crippen LogP contribution in [0.2, 0.25) is 0 Å². The zero-order valence-electron chi connectivity index (χ0n) is 8.24. The van der Waals surface area contributed by atoms with Crippen LogP contribution in [0, 0.1) is 0 Å². The predicted octanol–water partition coefficient (Wildman–Crippen LogP) is 0.705. The van der Waals surface area contributed by atoms with Crippen molar-refractivity contribution in [3.8, 4) is 0 Å². The summed E-state index contributed by atoms with van der Waals surface area (Å²) in [5.41, 5.74) is 8.45. The molecule has 3 N–H and O–H groups in total. The van der Waals surface area contributed by atoms with Crippen molar-refractivity contribution in [2.45, 2.75) is 6.04 Å². The third-order valence-electron chi connectivity index (χ3n) is 2.43. The molecule has 0 fully saturated rings. The number of nitrogens with zero attached hydrogens (tertiary/aromatic N) is 1. The maximum atomic E-state index is 11.3. The smallest absolute Gasteiger partial charge is 0.245 e. The number of rotatable bonds is 1. The van der Waals surface area contributed by atoms with E-state index in [0.29, 0.717) is 0 Å². The molecule has 0 saturated heterocycles. The summed E-state index contributed by atoms with van der Waals surface area (Å²) in [6.45, 7) is 0. The van der Waals surface area contributed by atoms with Crippen LogP contribution in [0.25, 0.3) is 0 Å². The van der Waals surface area contributed by atoms with Crippen molar-refractivity contribution in [3.63, 3.8) is 0 Å². The standard InChI is InChI=1S/C10H13N3O/c1-13(2)6-3-4-7-8(5-6)12-10(14)9(7)11/h3-5,9H,11H2,1-2H3,(H,12,14)/t9-/m0/s1. The molecule has 0 saturated carbocycles. The number of carbonyl (C=O) groups is 1. The summed E-state index contributed by atoms with van der Waals surface area (Å²) in [4.78, 5) is 13.2. The van der Waals surface area contributed by atoms with E-state index in [1.54, 1.807) is 0 Å². The van der Waals surface area contributed by atoms with Crippen LogP contribution in [0.3, 0.4) is 0 Å². The highest BCUT2D eigenvalue weighted by Gasteiger charge is 2.26. The summed E-state index contributed by atoms with van der Waals surface area (Å²) in [5.74, 6) is -0.129. The minimum atomic E-state index is -0.513. The average Bonchev–Trinajstić information content (AvgIpc) is 2.42. The quantitative estimate of drug-likeness (QED) is 0.687. The van der Waals surface area contributed by atoms with Crippen LogP contribution in [0.15, 0.2) is 18.2 Å². The summed E-state index contributed by atoms with van der Waals surface area (Å²) in [7, 11) is 3.91. The molecule has 74 valence electrons. The van der Waals surface area contributed by atoms with Crippen LogP contribution < -0.4 is 16.0 Å². The molecule has 1 aliphatic heterocycles. The molecule has 2 rings (SSSR count). The van der Waals surface area contributed by atoms with Gasteiger partial charge in [0.05, 0.1) is 0 Å². The van der Waals surface area contributed by atoms with Gasteiger partial charge in [-0.1, -0.05) is 6.07 Å². The second-order valence-corrected chi connectivity index (χ2v) is 3.63. The fourth-order valence-corrected chi connectivity index (χ4v) is 1.55. The largest absolute Gasteiger partial charge is 0.378 e. The van der Waals surface area contributed by atoms with Crippen molar-refractivity contribution in [1.29, 1.82) is 0 Å². The van der Waals surface area contributed by atoms with Gasteiger partial charge in [-0.25, -0.2) is 0 Å². The van der Waals surface area contributed by atoms with Gasteiger partial charge in [0.25, 0.3) is 0 Å². The molecule has 4 nitrogen and oxygen atoms in total. The highest BCUT2D eigenvalue weighted by atomic mass is 16.2. The van der Waals surface area contributed by atoms with E-state index >= 15 is 0 Å². The van der Waals surface area contributed by atoms with Crippen LogP contribution in [0.4, 0.5) is 11.4 Å². The SMILES string of the molecule is CN(C)c1ccc2c(c1)NC(=O)[C@H]2N. The monoisotopic (exact) mass is 191 g/mol. The first kappa shape index (κ1) is 9.02. The number of hydrogen-bond donors (Lipinski definition) is 2. The van der Waals surface area contributed by atoms with Crippen LogP contribution in [0.5, 0.6) is 0 Å². The highest BCUT2D eigenvalue weighted by molar-refractivity contribution is 6.02. The first-order chi connectivity index (χ1) is 6.59. The van der Waals surface area contributed by atoms with E-state index in [4.69, 9.17) is 5.73 Å². The molecule has 1 heterocycles. The Labute approximate surface area is 82.7 Å². The van der Waals surface area contributed by atoms with Gasteiger partial charge in [0.1, 0.15) is 6.04 Å². The Morgan fingerprint density at radius 1 is 1.43 bits per heavy atom. The molecule has 14 heavy (non-hydrogen) atoms. The molecule has 4 heteroatoms. The zero-order chi connectivity index (χ0) is 10.3. The molecule has 0 aromatic heterocycles. The van der Waals surface area contributed by atoms with Crippen molar-refractivity contribution in [3.05, 3.63) is 23.8 Å². The molecule has 1 aliphatic rings. The van der Waals surface area contributed by atoms with E-state index in [2.05, 4.69) is 5.32 Å². The first-order valence-corrected chi connectivity index (χ1v) is 4.47. The number of fused-ring (bicyclic) bond motifs is 1. The van der Waals surface area contributed by atoms with Gasteiger partial charge in [-0.05, 0) is 12.1 Å². The number of amides is 1. The van der Waals surface area contributed by atoms with Gasteiger partial charge in [0.2, 0.25) is 5.91 Å². The van der Waals surface area contributed by atoms with Crippen LogP contribution in [-0.2, 0) is 4.79 Å². The normalized spacial score (nSPS) is 19.1. The third-order valence-corrected chi connectivity index (χ3v) is 2.43. The van der Waals surface area contributed by atoms with Crippen LogP contribution >= 0.6 is 0 Å². The molecular formula is C10H13N3O. The van der Waals surface area contributed by atoms with Crippen molar-refractivity contribution < 1.29 is 4.79 Å². The molecule has 1 amide bonds. The minimum Gasteiger partial charge on any atom is -0.378 e. The zero-order valence-corrected chi connectivity index (χ0v) is 8.24. The van der Waals surface area contributed by atoms with Gasteiger partial charge in [-0.2, -0.15) is 0 Å². The Morgan fingerprint density at radius 2 is 2.14 bits per heavy atom. The lowest BCUT2D eigenvalue weighted by Gasteiger charge is -2.13. The van der Waals surface area contributed by atoms with E-state index < -0.39 is 6.04 Å². The molecule has 0 unspecified atom stereocenters. The van der Waals surface area contributed by atoms with Crippen molar-refractivity contribution >= 4 is 17.3 Å². The van der Waals surface area contributed by atoms with Gasteiger partial charge >= 0.3 is 0 Å². The maximum Gasteiger partial charge on any atom is 0.245 e. The summed E-state index contributed by atoms with van der Waals surface area (Å²) >= 11 is 0. The van der Waals surface area contributed by atoms with Crippen molar-refractivity contribution in [1.82, 2.24) is 0 Å². The Hall–Kier alpha value is -1.55. The van der Waals surface area contributed by atoms with Gasteiger partial charge in [-0.15, -0.1) is 0 Å².